The third-order valence-corrected chi connectivity index (χ3v) is 1.22. The summed E-state index contributed by atoms with van der Waals surface area (Å²) in [5, 5.41) is 16.7. The predicted molar refractivity (Wildman–Crippen MR) is 44.3 cm³/mol. The molecule has 0 aliphatic rings. The Kier molecular flexibility index (Phi) is 7.51. The number of carboxylic acids is 1. The molecule has 0 aliphatic carbocycles. The van der Waals surface area contributed by atoms with Crippen molar-refractivity contribution in [3.63, 3.8) is 0 Å². The van der Waals surface area contributed by atoms with Crippen LogP contribution in [0.5, 0.6) is 0 Å². The summed E-state index contributed by atoms with van der Waals surface area (Å²) in [6.45, 7) is 0.800. The van der Waals surface area contributed by atoms with Gasteiger partial charge in [-0.2, -0.15) is 0 Å². The molecule has 0 amide bonds. The molecule has 1 unspecified atom stereocenters. The van der Waals surface area contributed by atoms with Gasteiger partial charge in [0.15, 0.2) is 0 Å². The van der Waals surface area contributed by atoms with Gasteiger partial charge in [0.25, 0.3) is 0 Å². The van der Waals surface area contributed by atoms with Crippen molar-refractivity contribution in [2.75, 3.05) is 33.0 Å². The summed E-state index contributed by atoms with van der Waals surface area (Å²) in [6, 6.07) is -0.988. The molecule has 13 heavy (non-hydrogen) atoms. The Balaban J connectivity index is 3.11. The van der Waals surface area contributed by atoms with Crippen molar-refractivity contribution in [1.29, 1.82) is 0 Å². The minimum absolute atomic E-state index is 0.0299. The normalized spacial score (nSPS) is 12.8. The van der Waals surface area contributed by atoms with Crippen molar-refractivity contribution in [2.24, 2.45) is 5.73 Å². The minimum Gasteiger partial charge on any atom is -0.480 e. The lowest BCUT2D eigenvalue weighted by atomic mass is 10.3. The molecule has 0 fully saturated rings. The van der Waals surface area contributed by atoms with Crippen molar-refractivity contribution in [3.05, 3.63) is 0 Å². The number of hydrogen-bond acceptors (Lipinski definition) is 5. The van der Waals surface area contributed by atoms with E-state index in [0.717, 1.165) is 0 Å². The van der Waals surface area contributed by atoms with E-state index in [1.165, 1.54) is 0 Å². The van der Waals surface area contributed by atoms with Gasteiger partial charge >= 0.3 is 5.97 Å². The van der Waals surface area contributed by atoms with E-state index in [1.54, 1.807) is 0 Å². The van der Waals surface area contributed by atoms with E-state index < -0.39 is 12.0 Å². The average Bonchev–Trinajstić information content (AvgIpc) is 2.10. The van der Waals surface area contributed by atoms with Gasteiger partial charge in [-0.1, -0.05) is 0 Å². The molecule has 6 nitrogen and oxygen atoms in total. The maximum absolute atomic E-state index is 10.2. The van der Waals surface area contributed by atoms with Crippen LogP contribution in [0.15, 0.2) is 0 Å². The second kappa shape index (κ2) is 7.93. The lowest BCUT2D eigenvalue weighted by Gasteiger charge is -2.07. The molecule has 0 saturated heterocycles. The molecule has 6 heteroatoms. The molecule has 0 radical (unpaired) electrons. The van der Waals surface area contributed by atoms with E-state index in [0.29, 0.717) is 6.61 Å². The predicted octanol–water partition coefficient (Wildman–Crippen LogP) is -1.58. The molecule has 0 bridgehead atoms. The number of rotatable bonds is 8. The van der Waals surface area contributed by atoms with Crippen LogP contribution in [0.4, 0.5) is 0 Å². The summed E-state index contributed by atoms with van der Waals surface area (Å²) >= 11 is 0. The summed E-state index contributed by atoms with van der Waals surface area (Å²) in [4.78, 5) is 10.2. The molecule has 4 N–H and O–H groups in total. The number of aliphatic carboxylic acids is 1. The van der Waals surface area contributed by atoms with E-state index in [4.69, 9.17) is 25.4 Å². The van der Waals surface area contributed by atoms with Gasteiger partial charge in [0.05, 0.1) is 33.0 Å². The lowest BCUT2D eigenvalue weighted by molar-refractivity contribution is -0.140. The number of hydrogen-bond donors (Lipinski definition) is 3. The average molecular weight is 193 g/mol. The highest BCUT2D eigenvalue weighted by Crippen LogP contribution is 1.83. The first-order valence-electron chi connectivity index (χ1n) is 3.93. The lowest BCUT2D eigenvalue weighted by Crippen LogP contribution is -2.35. The zero-order chi connectivity index (χ0) is 10.1. The zero-order valence-corrected chi connectivity index (χ0v) is 7.31. The summed E-state index contributed by atoms with van der Waals surface area (Å²) in [5.41, 5.74) is 5.15. The summed E-state index contributed by atoms with van der Waals surface area (Å²) in [7, 11) is 0. The first-order valence-corrected chi connectivity index (χ1v) is 3.93. The maximum Gasteiger partial charge on any atom is 0.322 e. The Labute approximate surface area is 76.2 Å². The molecule has 0 rings (SSSR count). The standard InChI is InChI=1S/C7H15NO5/c8-6(7(10)11)5-13-4-3-12-2-1-9/h6,9H,1-5,8H2,(H,10,11). The van der Waals surface area contributed by atoms with Crippen LogP contribution in [0.1, 0.15) is 0 Å². The Morgan fingerprint density at radius 1 is 1.31 bits per heavy atom. The van der Waals surface area contributed by atoms with E-state index in [9.17, 15) is 4.79 Å². The summed E-state index contributed by atoms with van der Waals surface area (Å²) in [5.74, 6) is -1.09. The number of aliphatic hydroxyl groups excluding tert-OH is 1. The fourth-order valence-electron chi connectivity index (χ4n) is 0.566. The van der Waals surface area contributed by atoms with Crippen LogP contribution in [0.2, 0.25) is 0 Å². The smallest absolute Gasteiger partial charge is 0.322 e. The van der Waals surface area contributed by atoms with E-state index >= 15 is 0 Å². The van der Waals surface area contributed by atoms with Gasteiger partial charge in [0, 0.05) is 0 Å². The number of ether oxygens (including phenoxy) is 2. The van der Waals surface area contributed by atoms with Gasteiger partial charge in [-0.05, 0) is 0 Å². The van der Waals surface area contributed by atoms with Gasteiger partial charge in [0.1, 0.15) is 6.04 Å². The molecular weight excluding hydrogens is 178 g/mol. The molecule has 0 heterocycles. The first kappa shape index (κ1) is 12.3. The topological polar surface area (TPSA) is 102 Å². The summed E-state index contributed by atoms with van der Waals surface area (Å²) in [6.07, 6.45) is 0. The largest absolute Gasteiger partial charge is 0.480 e. The monoisotopic (exact) mass is 193 g/mol. The quantitative estimate of drug-likeness (QED) is 0.402. The second-order valence-electron chi connectivity index (χ2n) is 2.36. The van der Waals surface area contributed by atoms with Crippen molar-refractivity contribution in [1.82, 2.24) is 0 Å². The van der Waals surface area contributed by atoms with Gasteiger partial charge < -0.3 is 25.4 Å². The van der Waals surface area contributed by atoms with Crippen LogP contribution in [-0.4, -0.2) is 55.3 Å². The van der Waals surface area contributed by atoms with Gasteiger partial charge in [-0.25, -0.2) is 0 Å². The van der Waals surface area contributed by atoms with Crippen molar-refractivity contribution >= 4 is 5.97 Å². The highest BCUT2D eigenvalue weighted by molar-refractivity contribution is 5.73. The van der Waals surface area contributed by atoms with Crippen LogP contribution in [0.25, 0.3) is 0 Å². The van der Waals surface area contributed by atoms with Gasteiger partial charge in [-0.15, -0.1) is 0 Å². The Hall–Kier alpha value is -0.690. The fourth-order valence-corrected chi connectivity index (χ4v) is 0.566. The highest BCUT2D eigenvalue weighted by atomic mass is 16.5. The SMILES string of the molecule is NC(COCCOCCO)C(=O)O. The minimum atomic E-state index is -1.09. The molecule has 0 spiro atoms. The van der Waals surface area contributed by atoms with Gasteiger partial charge in [-0.3, -0.25) is 4.79 Å². The Bertz CT molecular complexity index is 141. The van der Waals surface area contributed by atoms with Crippen molar-refractivity contribution in [3.8, 4) is 0 Å². The molecule has 0 aliphatic heterocycles. The molecule has 1 atom stereocenters. The van der Waals surface area contributed by atoms with Crippen LogP contribution in [-0.2, 0) is 14.3 Å². The number of carbonyl (C=O) groups is 1. The second-order valence-corrected chi connectivity index (χ2v) is 2.36. The third-order valence-electron chi connectivity index (χ3n) is 1.22. The molecule has 0 aromatic rings. The molecular formula is C7H15NO5. The van der Waals surface area contributed by atoms with Crippen LogP contribution >= 0.6 is 0 Å². The van der Waals surface area contributed by atoms with E-state index in [1.807, 2.05) is 0 Å². The Morgan fingerprint density at radius 3 is 2.46 bits per heavy atom. The first-order chi connectivity index (χ1) is 6.18. The number of aliphatic hydroxyl groups is 1. The van der Waals surface area contributed by atoms with Crippen molar-refractivity contribution in [2.45, 2.75) is 6.04 Å². The number of nitrogens with two attached hydrogens (primary N) is 1. The van der Waals surface area contributed by atoms with Crippen LogP contribution in [0, 0.1) is 0 Å². The third kappa shape index (κ3) is 7.66. The molecule has 0 saturated carbocycles. The molecule has 78 valence electrons. The molecule has 0 aromatic carbocycles. The number of carboxylic acid groups (broad SMARTS) is 1. The maximum atomic E-state index is 10.2. The van der Waals surface area contributed by atoms with E-state index in [2.05, 4.69) is 0 Å². The van der Waals surface area contributed by atoms with Crippen molar-refractivity contribution < 1.29 is 24.5 Å². The highest BCUT2D eigenvalue weighted by Gasteiger charge is 2.10. The molecule has 0 aromatic heterocycles. The van der Waals surface area contributed by atoms with E-state index in [-0.39, 0.29) is 26.4 Å². The zero-order valence-electron chi connectivity index (χ0n) is 7.31. The summed E-state index contributed by atoms with van der Waals surface area (Å²) < 4.78 is 9.75. The van der Waals surface area contributed by atoms with Crippen LogP contribution in [0.3, 0.4) is 0 Å². The Morgan fingerprint density at radius 2 is 1.92 bits per heavy atom. The van der Waals surface area contributed by atoms with Gasteiger partial charge in [0.2, 0.25) is 0 Å². The fraction of sp³-hybridized carbons (Fsp3) is 0.857. The van der Waals surface area contributed by atoms with Crippen LogP contribution < -0.4 is 5.73 Å².